The maximum absolute atomic E-state index is 4.38. The quantitative estimate of drug-likeness (QED) is 0.721. The smallest absolute Gasteiger partial charge is 0.0705 e. The van der Waals surface area contributed by atoms with Crippen LogP contribution in [0.5, 0.6) is 0 Å². The van der Waals surface area contributed by atoms with Gasteiger partial charge in [-0.3, -0.25) is 9.67 Å². The van der Waals surface area contributed by atoms with E-state index in [0.29, 0.717) is 0 Å². The monoisotopic (exact) mass is 266 g/mol. The lowest BCUT2D eigenvalue weighted by Gasteiger charge is -2.08. The Bertz CT molecular complexity index is 697. The fourth-order valence-electron chi connectivity index (χ4n) is 2.40. The molecule has 102 valence electrons. The molecule has 4 heteroatoms. The first-order chi connectivity index (χ1) is 9.84. The molecule has 20 heavy (non-hydrogen) atoms. The number of rotatable bonds is 5. The number of hydrogen-bond acceptors (Lipinski definition) is 3. The van der Waals surface area contributed by atoms with Crippen LogP contribution in [0, 0.1) is 0 Å². The minimum absolute atomic E-state index is 0.862. The predicted molar refractivity (Wildman–Crippen MR) is 80.4 cm³/mol. The normalized spacial score (nSPS) is 11.1. The maximum atomic E-state index is 4.38. The summed E-state index contributed by atoms with van der Waals surface area (Å²) in [5.41, 5.74) is 3.59. The molecule has 4 nitrogen and oxygen atoms in total. The van der Waals surface area contributed by atoms with Gasteiger partial charge in [0, 0.05) is 50.0 Å². The van der Waals surface area contributed by atoms with Crippen LogP contribution in [0.3, 0.4) is 0 Å². The van der Waals surface area contributed by atoms with Crippen molar-refractivity contribution in [3.05, 3.63) is 60.0 Å². The van der Waals surface area contributed by atoms with Crippen molar-refractivity contribution >= 4 is 10.9 Å². The van der Waals surface area contributed by atoms with E-state index in [0.717, 1.165) is 25.0 Å². The molecule has 0 amide bonds. The fourth-order valence-corrected chi connectivity index (χ4v) is 2.40. The van der Waals surface area contributed by atoms with Crippen LogP contribution in [0.25, 0.3) is 10.9 Å². The third kappa shape index (κ3) is 2.70. The number of para-hydroxylation sites is 1. The van der Waals surface area contributed by atoms with Gasteiger partial charge in [0.25, 0.3) is 0 Å². The Labute approximate surface area is 118 Å². The molecule has 0 radical (unpaired) electrons. The number of hydrogen-bond donors (Lipinski definition) is 1. The number of aryl methyl sites for hydroxylation is 1. The number of aromatic nitrogens is 3. The molecule has 0 aliphatic carbocycles. The summed E-state index contributed by atoms with van der Waals surface area (Å²) in [5, 5.41) is 8.89. The van der Waals surface area contributed by atoms with Crippen LogP contribution in [0.4, 0.5) is 0 Å². The second-order valence-electron chi connectivity index (χ2n) is 4.86. The third-order valence-corrected chi connectivity index (χ3v) is 3.54. The lowest BCUT2D eigenvalue weighted by molar-refractivity contribution is 0.644. The van der Waals surface area contributed by atoms with Gasteiger partial charge in [-0.05, 0) is 23.8 Å². The number of benzene rings is 1. The van der Waals surface area contributed by atoms with E-state index in [2.05, 4.69) is 45.7 Å². The number of fused-ring (bicyclic) bond motifs is 1. The first-order valence-electron chi connectivity index (χ1n) is 6.85. The molecule has 3 aromatic rings. The maximum Gasteiger partial charge on any atom is 0.0705 e. The van der Waals surface area contributed by atoms with E-state index in [1.807, 2.05) is 30.2 Å². The Balaban J connectivity index is 1.62. The summed E-state index contributed by atoms with van der Waals surface area (Å²) in [7, 11) is 1.98. The minimum Gasteiger partial charge on any atom is -0.312 e. The van der Waals surface area contributed by atoms with Crippen molar-refractivity contribution in [1.82, 2.24) is 20.1 Å². The standard InChI is InChI=1S/C16H18N4/c1-20-14(8-11-19-20)7-9-17-12-13-6-10-18-16-5-3-2-4-15(13)16/h2-6,8,10-11,17H,7,9,12H2,1H3. The Kier molecular flexibility index (Phi) is 3.74. The number of nitrogens with zero attached hydrogens (tertiary/aromatic N) is 3. The average molecular weight is 266 g/mol. The summed E-state index contributed by atoms with van der Waals surface area (Å²) in [6.45, 7) is 1.80. The highest BCUT2D eigenvalue weighted by molar-refractivity contribution is 5.81. The molecule has 1 N–H and O–H groups in total. The molecule has 0 fully saturated rings. The zero-order chi connectivity index (χ0) is 13.8. The largest absolute Gasteiger partial charge is 0.312 e. The van der Waals surface area contributed by atoms with Gasteiger partial charge in [-0.2, -0.15) is 5.10 Å². The van der Waals surface area contributed by atoms with E-state index in [4.69, 9.17) is 0 Å². The highest BCUT2D eigenvalue weighted by Gasteiger charge is 2.01. The van der Waals surface area contributed by atoms with Gasteiger partial charge in [0.1, 0.15) is 0 Å². The minimum atomic E-state index is 0.862. The second-order valence-corrected chi connectivity index (χ2v) is 4.86. The van der Waals surface area contributed by atoms with Gasteiger partial charge in [0.05, 0.1) is 5.52 Å². The first-order valence-corrected chi connectivity index (χ1v) is 6.85. The van der Waals surface area contributed by atoms with Crippen molar-refractivity contribution in [2.75, 3.05) is 6.54 Å². The van der Waals surface area contributed by atoms with Crippen LogP contribution in [0.2, 0.25) is 0 Å². The van der Waals surface area contributed by atoms with Crippen molar-refractivity contribution in [2.45, 2.75) is 13.0 Å². The van der Waals surface area contributed by atoms with Crippen LogP contribution >= 0.6 is 0 Å². The van der Waals surface area contributed by atoms with Gasteiger partial charge in [-0.1, -0.05) is 18.2 Å². The molecular formula is C16H18N4. The predicted octanol–water partition coefficient (Wildman–Crippen LogP) is 2.30. The Hall–Kier alpha value is -2.20. The van der Waals surface area contributed by atoms with Crippen molar-refractivity contribution in [2.24, 2.45) is 7.05 Å². The highest BCUT2D eigenvalue weighted by Crippen LogP contribution is 2.15. The van der Waals surface area contributed by atoms with Crippen LogP contribution in [-0.4, -0.2) is 21.3 Å². The third-order valence-electron chi connectivity index (χ3n) is 3.54. The Morgan fingerprint density at radius 3 is 2.85 bits per heavy atom. The van der Waals surface area contributed by atoms with Gasteiger partial charge in [-0.25, -0.2) is 0 Å². The molecule has 0 aliphatic heterocycles. The van der Waals surface area contributed by atoms with E-state index in [-0.39, 0.29) is 0 Å². The van der Waals surface area contributed by atoms with Crippen molar-refractivity contribution < 1.29 is 0 Å². The lowest BCUT2D eigenvalue weighted by Crippen LogP contribution is -2.18. The molecule has 2 heterocycles. The Morgan fingerprint density at radius 1 is 1.10 bits per heavy atom. The second kappa shape index (κ2) is 5.84. The summed E-state index contributed by atoms with van der Waals surface area (Å²) in [4.78, 5) is 4.38. The van der Waals surface area contributed by atoms with E-state index in [1.165, 1.54) is 16.6 Å². The molecule has 0 saturated carbocycles. The lowest BCUT2D eigenvalue weighted by atomic mass is 10.1. The molecule has 2 aromatic heterocycles. The summed E-state index contributed by atoms with van der Waals surface area (Å²) >= 11 is 0. The molecule has 3 rings (SSSR count). The SMILES string of the molecule is Cn1nccc1CCNCc1ccnc2ccccc12. The zero-order valence-corrected chi connectivity index (χ0v) is 11.6. The van der Waals surface area contributed by atoms with E-state index in [9.17, 15) is 0 Å². The van der Waals surface area contributed by atoms with Crippen LogP contribution in [-0.2, 0) is 20.0 Å². The van der Waals surface area contributed by atoms with Crippen LogP contribution in [0.1, 0.15) is 11.3 Å². The van der Waals surface area contributed by atoms with Crippen LogP contribution in [0.15, 0.2) is 48.8 Å². The molecule has 0 saturated heterocycles. The van der Waals surface area contributed by atoms with Crippen molar-refractivity contribution in [3.8, 4) is 0 Å². The summed E-state index contributed by atoms with van der Waals surface area (Å²) in [6, 6.07) is 12.4. The molecule has 0 spiro atoms. The number of nitrogens with one attached hydrogen (secondary N) is 1. The van der Waals surface area contributed by atoms with Gasteiger partial charge < -0.3 is 5.32 Å². The average Bonchev–Trinajstić information content (AvgIpc) is 2.89. The zero-order valence-electron chi connectivity index (χ0n) is 11.6. The Morgan fingerprint density at radius 2 is 2.00 bits per heavy atom. The van der Waals surface area contributed by atoms with Crippen molar-refractivity contribution in [1.29, 1.82) is 0 Å². The molecular weight excluding hydrogens is 248 g/mol. The summed E-state index contributed by atoms with van der Waals surface area (Å²) < 4.78 is 1.92. The van der Waals surface area contributed by atoms with Crippen LogP contribution < -0.4 is 5.32 Å². The number of pyridine rings is 1. The highest BCUT2D eigenvalue weighted by atomic mass is 15.3. The van der Waals surface area contributed by atoms with E-state index >= 15 is 0 Å². The molecule has 1 aromatic carbocycles. The first kappa shape index (κ1) is 12.8. The fraction of sp³-hybridized carbons (Fsp3) is 0.250. The topological polar surface area (TPSA) is 42.7 Å². The molecule has 0 atom stereocenters. The molecule has 0 aliphatic rings. The van der Waals surface area contributed by atoms with Gasteiger partial charge in [-0.15, -0.1) is 0 Å². The molecule has 0 bridgehead atoms. The van der Waals surface area contributed by atoms with Crippen molar-refractivity contribution in [3.63, 3.8) is 0 Å². The van der Waals surface area contributed by atoms with E-state index in [1.54, 1.807) is 0 Å². The molecule has 0 unspecified atom stereocenters. The van der Waals surface area contributed by atoms with Gasteiger partial charge in [0.2, 0.25) is 0 Å². The van der Waals surface area contributed by atoms with Gasteiger partial charge in [0.15, 0.2) is 0 Å². The van der Waals surface area contributed by atoms with E-state index < -0.39 is 0 Å². The van der Waals surface area contributed by atoms with Gasteiger partial charge >= 0.3 is 0 Å². The summed E-state index contributed by atoms with van der Waals surface area (Å²) in [6.07, 6.45) is 4.70. The summed E-state index contributed by atoms with van der Waals surface area (Å²) in [5.74, 6) is 0.